The molecule has 186 valence electrons. The number of nitrogens with zero attached hydrogens (tertiary/aromatic N) is 1. The number of halogens is 2. The van der Waals surface area contributed by atoms with Crippen LogP contribution >= 0.6 is 0 Å². The number of anilines is 1. The smallest absolute Gasteiger partial charge is 0.256 e. The normalized spacial score (nSPS) is 16.7. The Morgan fingerprint density at radius 3 is 2.44 bits per heavy atom. The molecule has 2 aliphatic rings. The number of hydrogen-bond donors (Lipinski definition) is 3. The first kappa shape index (κ1) is 23.9. The van der Waals surface area contributed by atoms with Gasteiger partial charge in [0.15, 0.2) is 0 Å². The number of aromatic amines is 1. The van der Waals surface area contributed by atoms with Crippen molar-refractivity contribution < 1.29 is 18.4 Å². The summed E-state index contributed by atoms with van der Waals surface area (Å²) in [5.41, 5.74) is 9.67. The molecule has 8 heteroatoms. The molecule has 1 aromatic heterocycles. The minimum absolute atomic E-state index is 0.0928. The third kappa shape index (κ3) is 4.11. The van der Waals surface area contributed by atoms with Crippen LogP contribution in [-0.2, 0) is 11.2 Å². The van der Waals surface area contributed by atoms with Crippen LogP contribution in [0.3, 0.4) is 0 Å². The minimum atomic E-state index is -0.710. The Bertz CT molecular complexity index is 1410. The topological polar surface area (TPSA) is 91.2 Å². The average Bonchev–Trinajstić information content (AvgIpc) is 3.22. The molecule has 6 nitrogen and oxygen atoms in total. The highest BCUT2D eigenvalue weighted by atomic mass is 19.1. The molecule has 0 radical (unpaired) electrons. The lowest BCUT2D eigenvalue weighted by Gasteiger charge is -2.29. The average molecular weight is 491 g/mol. The number of benzene rings is 2. The summed E-state index contributed by atoms with van der Waals surface area (Å²) in [7, 11) is 0. The monoisotopic (exact) mass is 490 g/mol. The summed E-state index contributed by atoms with van der Waals surface area (Å²) in [6, 6.07) is 8.63. The number of carbonyl (C=O) groups is 2. The molecule has 2 aliphatic heterocycles. The van der Waals surface area contributed by atoms with E-state index in [0.717, 1.165) is 17.7 Å². The van der Waals surface area contributed by atoms with Gasteiger partial charge in [0.1, 0.15) is 11.6 Å². The molecule has 0 aliphatic carbocycles. The van der Waals surface area contributed by atoms with Crippen LogP contribution in [0.25, 0.3) is 22.8 Å². The fourth-order valence-corrected chi connectivity index (χ4v) is 5.15. The van der Waals surface area contributed by atoms with Gasteiger partial charge in [-0.25, -0.2) is 8.78 Å². The summed E-state index contributed by atoms with van der Waals surface area (Å²) >= 11 is 0. The van der Waals surface area contributed by atoms with Crippen molar-refractivity contribution in [2.24, 2.45) is 5.73 Å². The van der Waals surface area contributed by atoms with E-state index in [1.165, 1.54) is 18.2 Å². The summed E-state index contributed by atoms with van der Waals surface area (Å²) in [5, 5.41) is 2.79. The van der Waals surface area contributed by atoms with Crippen molar-refractivity contribution >= 4 is 29.2 Å². The Morgan fingerprint density at radius 2 is 1.75 bits per heavy atom. The summed E-state index contributed by atoms with van der Waals surface area (Å²) < 4.78 is 29.4. The highest BCUT2D eigenvalue weighted by Gasteiger charge is 2.32. The van der Waals surface area contributed by atoms with Crippen molar-refractivity contribution in [3.8, 4) is 11.1 Å². The van der Waals surface area contributed by atoms with Crippen LogP contribution in [0.5, 0.6) is 0 Å². The number of aryl methyl sites for hydroxylation is 1. The predicted octanol–water partition coefficient (Wildman–Crippen LogP) is 4.89. The van der Waals surface area contributed by atoms with Gasteiger partial charge in [0.2, 0.25) is 0 Å². The minimum Gasteiger partial charge on any atom is -0.358 e. The van der Waals surface area contributed by atoms with Crippen LogP contribution in [0.1, 0.15) is 53.1 Å². The maximum Gasteiger partial charge on any atom is 0.256 e. The van der Waals surface area contributed by atoms with E-state index < -0.39 is 17.2 Å². The molecule has 3 heterocycles. The van der Waals surface area contributed by atoms with Gasteiger partial charge in [0.05, 0.1) is 16.7 Å². The molecule has 0 bridgehead atoms. The van der Waals surface area contributed by atoms with Gasteiger partial charge in [0, 0.05) is 41.3 Å². The highest BCUT2D eigenvalue weighted by Crippen LogP contribution is 2.42. The zero-order valence-electron chi connectivity index (χ0n) is 20.5. The molecular formula is C28H28F2N4O2. The van der Waals surface area contributed by atoms with Crippen molar-refractivity contribution in [2.45, 2.75) is 39.2 Å². The Morgan fingerprint density at radius 1 is 1.06 bits per heavy atom. The number of rotatable bonds is 4. The molecule has 0 atom stereocenters. The molecule has 2 amide bonds. The number of amides is 2. The molecule has 0 saturated carbocycles. The van der Waals surface area contributed by atoms with Gasteiger partial charge in [0.25, 0.3) is 11.8 Å². The SMILES string of the molecule is Cc1c(/C=C2\C(=O)Nc3cccc(-c4c(F)cccc4F)c32)[nH]c2c1C(=O)N(CC(C)(C)N)CCC2. The van der Waals surface area contributed by atoms with E-state index >= 15 is 0 Å². The second-order valence-corrected chi connectivity index (χ2v) is 10.2. The molecule has 3 aromatic rings. The molecule has 2 aromatic carbocycles. The van der Waals surface area contributed by atoms with Gasteiger partial charge in [-0.05, 0) is 69.0 Å². The highest BCUT2D eigenvalue weighted by molar-refractivity contribution is 6.36. The molecule has 4 N–H and O–H groups in total. The summed E-state index contributed by atoms with van der Waals surface area (Å²) in [6.07, 6.45) is 3.13. The Labute approximate surface area is 208 Å². The summed E-state index contributed by atoms with van der Waals surface area (Å²) in [6.45, 7) is 6.66. The van der Waals surface area contributed by atoms with Crippen LogP contribution in [0, 0.1) is 18.6 Å². The number of aromatic nitrogens is 1. The zero-order chi connectivity index (χ0) is 25.8. The van der Waals surface area contributed by atoms with Crippen LogP contribution in [0.2, 0.25) is 0 Å². The first-order valence-electron chi connectivity index (χ1n) is 12.0. The maximum atomic E-state index is 14.7. The largest absolute Gasteiger partial charge is 0.358 e. The first-order valence-corrected chi connectivity index (χ1v) is 12.0. The van der Waals surface area contributed by atoms with Crippen LogP contribution < -0.4 is 11.1 Å². The lowest BCUT2D eigenvalue weighted by Crippen LogP contribution is -2.47. The van der Waals surface area contributed by atoms with E-state index in [2.05, 4.69) is 10.3 Å². The fraction of sp³-hybridized carbons (Fsp3) is 0.286. The number of nitrogens with two attached hydrogens (primary N) is 1. The summed E-state index contributed by atoms with van der Waals surface area (Å²) in [5.74, 6) is -1.89. The van der Waals surface area contributed by atoms with Crippen molar-refractivity contribution in [1.29, 1.82) is 0 Å². The summed E-state index contributed by atoms with van der Waals surface area (Å²) in [4.78, 5) is 31.5. The van der Waals surface area contributed by atoms with E-state index in [1.807, 2.05) is 20.8 Å². The van der Waals surface area contributed by atoms with E-state index in [0.29, 0.717) is 42.0 Å². The van der Waals surface area contributed by atoms with Crippen LogP contribution in [-0.4, -0.2) is 40.3 Å². The number of hydrogen-bond acceptors (Lipinski definition) is 3. The second-order valence-electron chi connectivity index (χ2n) is 10.2. The maximum absolute atomic E-state index is 14.7. The van der Waals surface area contributed by atoms with Crippen LogP contribution in [0.4, 0.5) is 14.5 Å². The van der Waals surface area contributed by atoms with E-state index in [1.54, 1.807) is 29.2 Å². The van der Waals surface area contributed by atoms with Crippen LogP contribution in [0.15, 0.2) is 36.4 Å². The predicted molar refractivity (Wildman–Crippen MR) is 136 cm³/mol. The number of fused-ring (bicyclic) bond motifs is 2. The molecule has 0 saturated heterocycles. The van der Waals surface area contributed by atoms with Gasteiger partial charge in [-0.3, -0.25) is 9.59 Å². The zero-order valence-corrected chi connectivity index (χ0v) is 20.5. The molecule has 36 heavy (non-hydrogen) atoms. The van der Waals surface area contributed by atoms with Crippen molar-refractivity contribution in [3.63, 3.8) is 0 Å². The third-order valence-corrected chi connectivity index (χ3v) is 6.67. The Balaban J connectivity index is 1.62. The molecule has 5 rings (SSSR count). The van der Waals surface area contributed by atoms with Gasteiger partial charge in [-0.1, -0.05) is 18.2 Å². The van der Waals surface area contributed by atoms with Gasteiger partial charge in [-0.15, -0.1) is 0 Å². The van der Waals surface area contributed by atoms with Gasteiger partial charge >= 0.3 is 0 Å². The van der Waals surface area contributed by atoms with Gasteiger partial charge in [-0.2, -0.15) is 0 Å². The second kappa shape index (κ2) is 8.71. The molecule has 0 spiro atoms. The Kier molecular flexibility index (Phi) is 5.79. The Hall–Kier alpha value is -3.78. The number of nitrogens with one attached hydrogen (secondary N) is 2. The number of carbonyl (C=O) groups excluding carboxylic acids is 2. The fourth-order valence-electron chi connectivity index (χ4n) is 5.15. The molecule has 0 fully saturated rings. The first-order chi connectivity index (χ1) is 17.0. The van der Waals surface area contributed by atoms with E-state index in [9.17, 15) is 18.4 Å². The standard InChI is InChI=1S/C28H28F2N4O2/c1-15-22(32-20-11-6-12-34(14-28(2,3)31)27(36)23(15)20)13-17-24-16(7-4-10-21(24)33-26(17)35)25-18(29)8-5-9-19(25)30/h4-5,7-10,13,32H,6,11-12,14,31H2,1-3H3,(H,33,35)/b17-13-. The van der Waals surface area contributed by atoms with Gasteiger partial charge < -0.3 is 20.9 Å². The van der Waals surface area contributed by atoms with E-state index in [4.69, 9.17) is 5.73 Å². The third-order valence-electron chi connectivity index (χ3n) is 6.67. The van der Waals surface area contributed by atoms with E-state index in [-0.39, 0.29) is 28.5 Å². The van der Waals surface area contributed by atoms with Crippen molar-refractivity contribution in [3.05, 3.63) is 76.1 Å². The van der Waals surface area contributed by atoms with Crippen molar-refractivity contribution in [1.82, 2.24) is 9.88 Å². The lowest BCUT2D eigenvalue weighted by molar-refractivity contribution is -0.110. The quantitative estimate of drug-likeness (QED) is 0.455. The lowest BCUT2D eigenvalue weighted by atomic mass is 9.93. The van der Waals surface area contributed by atoms with Crippen molar-refractivity contribution in [2.75, 3.05) is 18.4 Å². The molecular weight excluding hydrogens is 462 g/mol. The molecule has 0 unspecified atom stereocenters. The number of H-pyrrole nitrogens is 1.